The molecule has 2 aliphatic heterocycles. The van der Waals surface area contributed by atoms with E-state index in [1.54, 1.807) is 0 Å². The van der Waals surface area contributed by atoms with Crippen molar-refractivity contribution in [1.82, 2.24) is 19.8 Å². The van der Waals surface area contributed by atoms with Gasteiger partial charge >= 0.3 is 0 Å². The number of nitrogens with zero attached hydrogens (tertiary/aromatic N) is 5. The van der Waals surface area contributed by atoms with Crippen molar-refractivity contribution in [1.29, 1.82) is 0 Å². The van der Waals surface area contributed by atoms with Crippen LogP contribution < -0.4 is 4.90 Å². The monoisotopic (exact) mass is 289 g/mol. The number of piperazine rings is 1. The predicted octanol–water partition coefficient (Wildman–Crippen LogP) is 1.31. The molecule has 0 aromatic carbocycles. The lowest BCUT2D eigenvalue weighted by Crippen LogP contribution is -2.50. The van der Waals surface area contributed by atoms with Crippen molar-refractivity contribution in [3.05, 3.63) is 17.6 Å². The van der Waals surface area contributed by atoms with E-state index in [4.69, 9.17) is 4.98 Å². The summed E-state index contributed by atoms with van der Waals surface area (Å²) in [6, 6.07) is 0.686. The lowest BCUT2D eigenvalue weighted by atomic mass is 10.2. The van der Waals surface area contributed by atoms with Crippen LogP contribution in [0.3, 0.4) is 0 Å². The van der Waals surface area contributed by atoms with E-state index in [1.807, 2.05) is 13.1 Å². The van der Waals surface area contributed by atoms with E-state index in [0.29, 0.717) is 6.04 Å². The van der Waals surface area contributed by atoms with Gasteiger partial charge in [-0.1, -0.05) is 6.92 Å². The van der Waals surface area contributed by atoms with Gasteiger partial charge in [0, 0.05) is 51.5 Å². The zero-order valence-electron chi connectivity index (χ0n) is 13.5. The van der Waals surface area contributed by atoms with E-state index in [9.17, 15) is 0 Å². The highest BCUT2D eigenvalue weighted by atomic mass is 15.3. The molecule has 1 aromatic rings. The van der Waals surface area contributed by atoms with Crippen molar-refractivity contribution in [2.24, 2.45) is 0 Å². The summed E-state index contributed by atoms with van der Waals surface area (Å²) in [6.45, 7) is 14.6. The van der Waals surface area contributed by atoms with Crippen LogP contribution in [0.25, 0.3) is 0 Å². The van der Waals surface area contributed by atoms with Crippen molar-refractivity contribution in [2.45, 2.75) is 33.2 Å². The van der Waals surface area contributed by atoms with Crippen LogP contribution in [0.2, 0.25) is 0 Å². The van der Waals surface area contributed by atoms with Crippen LogP contribution in [0, 0.1) is 13.8 Å². The first-order chi connectivity index (χ1) is 10.2. The Kier molecular flexibility index (Phi) is 4.40. The van der Waals surface area contributed by atoms with Gasteiger partial charge in [-0.15, -0.1) is 0 Å². The summed E-state index contributed by atoms with van der Waals surface area (Å²) in [5.41, 5.74) is 2.06. The highest BCUT2D eigenvalue weighted by Crippen LogP contribution is 2.24. The fourth-order valence-electron chi connectivity index (χ4n) is 3.50. The minimum absolute atomic E-state index is 0.686. The number of aryl methyl sites for hydroxylation is 2. The summed E-state index contributed by atoms with van der Waals surface area (Å²) in [4.78, 5) is 16.8. The summed E-state index contributed by atoms with van der Waals surface area (Å²) in [5.74, 6) is 1.09. The molecule has 5 nitrogen and oxygen atoms in total. The predicted molar refractivity (Wildman–Crippen MR) is 85.8 cm³/mol. The van der Waals surface area contributed by atoms with E-state index in [-0.39, 0.29) is 0 Å². The molecule has 0 spiro atoms. The second kappa shape index (κ2) is 6.28. The lowest BCUT2D eigenvalue weighted by Gasteiger charge is -2.37. The zero-order chi connectivity index (χ0) is 14.8. The van der Waals surface area contributed by atoms with Crippen molar-refractivity contribution in [3.63, 3.8) is 0 Å². The molecule has 1 aromatic heterocycles. The van der Waals surface area contributed by atoms with Gasteiger partial charge in [-0.05, 0) is 26.8 Å². The Hall–Kier alpha value is -1.20. The van der Waals surface area contributed by atoms with E-state index >= 15 is 0 Å². The standard InChI is InChI=1S/C16H27N5/c1-4-19-7-9-20(10-8-19)15-5-6-21(12-15)16-14(3)17-11-13(2)18-16/h11,15H,4-10,12H2,1-3H3. The van der Waals surface area contributed by atoms with Gasteiger partial charge in [0.25, 0.3) is 0 Å². The summed E-state index contributed by atoms with van der Waals surface area (Å²) in [5, 5.41) is 0. The number of hydrogen-bond donors (Lipinski definition) is 0. The molecule has 2 fully saturated rings. The van der Waals surface area contributed by atoms with Crippen LogP contribution >= 0.6 is 0 Å². The highest BCUT2D eigenvalue weighted by molar-refractivity contribution is 5.44. The molecule has 2 aliphatic rings. The Labute approximate surface area is 128 Å². The van der Waals surface area contributed by atoms with E-state index in [2.05, 4.69) is 33.5 Å². The normalized spacial score (nSPS) is 24.7. The van der Waals surface area contributed by atoms with Gasteiger partial charge in [0.15, 0.2) is 0 Å². The Morgan fingerprint density at radius 1 is 1.14 bits per heavy atom. The summed E-state index contributed by atoms with van der Waals surface area (Å²) in [7, 11) is 0. The fraction of sp³-hybridized carbons (Fsp3) is 0.750. The third-order valence-electron chi connectivity index (χ3n) is 4.88. The number of anilines is 1. The SMILES string of the molecule is CCN1CCN(C2CCN(c3nc(C)cnc3C)C2)CC1. The smallest absolute Gasteiger partial charge is 0.150 e. The maximum Gasteiger partial charge on any atom is 0.150 e. The molecular weight excluding hydrogens is 262 g/mol. The number of aromatic nitrogens is 2. The molecule has 3 heterocycles. The Bertz CT molecular complexity index is 482. The van der Waals surface area contributed by atoms with Crippen LogP contribution in [0.5, 0.6) is 0 Å². The summed E-state index contributed by atoms with van der Waals surface area (Å²) in [6.07, 6.45) is 3.11. The Morgan fingerprint density at radius 3 is 2.62 bits per heavy atom. The van der Waals surface area contributed by atoms with Crippen LogP contribution in [0.4, 0.5) is 5.82 Å². The first-order valence-corrected chi connectivity index (χ1v) is 8.19. The topological polar surface area (TPSA) is 35.5 Å². The van der Waals surface area contributed by atoms with Crippen molar-refractivity contribution in [3.8, 4) is 0 Å². The van der Waals surface area contributed by atoms with E-state index in [1.165, 1.54) is 39.1 Å². The largest absolute Gasteiger partial charge is 0.353 e. The van der Waals surface area contributed by atoms with Crippen LogP contribution in [0.15, 0.2) is 6.20 Å². The van der Waals surface area contributed by atoms with E-state index < -0.39 is 0 Å². The quantitative estimate of drug-likeness (QED) is 0.838. The van der Waals surface area contributed by atoms with Gasteiger partial charge in [0.2, 0.25) is 0 Å². The van der Waals surface area contributed by atoms with Crippen molar-refractivity contribution in [2.75, 3.05) is 50.7 Å². The zero-order valence-corrected chi connectivity index (χ0v) is 13.5. The molecule has 0 bridgehead atoms. The third-order valence-corrected chi connectivity index (χ3v) is 4.88. The van der Waals surface area contributed by atoms with Gasteiger partial charge in [-0.3, -0.25) is 9.88 Å². The third kappa shape index (κ3) is 3.19. The van der Waals surface area contributed by atoms with Crippen molar-refractivity contribution < 1.29 is 0 Å². The maximum atomic E-state index is 4.70. The van der Waals surface area contributed by atoms with Gasteiger partial charge in [-0.25, -0.2) is 4.98 Å². The summed E-state index contributed by atoms with van der Waals surface area (Å²) < 4.78 is 0. The molecule has 1 unspecified atom stereocenters. The average Bonchev–Trinajstić information content (AvgIpc) is 2.99. The molecule has 116 valence electrons. The number of likely N-dealkylation sites (N-methyl/N-ethyl adjacent to an activating group) is 1. The Morgan fingerprint density at radius 2 is 1.90 bits per heavy atom. The first-order valence-electron chi connectivity index (χ1n) is 8.19. The fourth-order valence-corrected chi connectivity index (χ4v) is 3.50. The molecule has 0 amide bonds. The molecule has 2 saturated heterocycles. The molecule has 1 atom stereocenters. The molecule has 0 radical (unpaired) electrons. The maximum absolute atomic E-state index is 4.70. The van der Waals surface area contributed by atoms with Gasteiger partial charge in [-0.2, -0.15) is 0 Å². The molecule has 0 saturated carbocycles. The van der Waals surface area contributed by atoms with Crippen LogP contribution in [-0.4, -0.2) is 71.6 Å². The van der Waals surface area contributed by atoms with Gasteiger partial charge in [0.1, 0.15) is 5.82 Å². The molecule has 21 heavy (non-hydrogen) atoms. The van der Waals surface area contributed by atoms with Crippen LogP contribution in [-0.2, 0) is 0 Å². The number of rotatable bonds is 3. The highest BCUT2D eigenvalue weighted by Gasteiger charge is 2.30. The second-order valence-corrected chi connectivity index (χ2v) is 6.28. The average molecular weight is 289 g/mol. The molecule has 0 N–H and O–H groups in total. The first kappa shape index (κ1) is 14.7. The minimum atomic E-state index is 0.686. The van der Waals surface area contributed by atoms with Gasteiger partial charge < -0.3 is 9.80 Å². The summed E-state index contributed by atoms with van der Waals surface area (Å²) >= 11 is 0. The van der Waals surface area contributed by atoms with Gasteiger partial charge in [0.05, 0.1) is 11.4 Å². The number of hydrogen-bond acceptors (Lipinski definition) is 5. The minimum Gasteiger partial charge on any atom is -0.353 e. The lowest BCUT2D eigenvalue weighted by molar-refractivity contribution is 0.107. The van der Waals surface area contributed by atoms with Crippen molar-refractivity contribution >= 4 is 5.82 Å². The molecule has 3 rings (SSSR count). The van der Waals surface area contributed by atoms with E-state index in [0.717, 1.165) is 30.3 Å². The second-order valence-electron chi connectivity index (χ2n) is 6.28. The molecule has 0 aliphatic carbocycles. The molecular formula is C16H27N5. The molecule has 5 heteroatoms. The van der Waals surface area contributed by atoms with Crippen LogP contribution in [0.1, 0.15) is 24.7 Å². The Balaban J connectivity index is 1.62.